The third-order valence-corrected chi connectivity index (χ3v) is 8.70. The fraction of sp³-hybridized carbons (Fsp3) is 0.921. The Balaban J connectivity index is 3.57. The molecule has 4 heteroatoms. The molecule has 4 nitrogen and oxygen atoms in total. The van der Waals surface area contributed by atoms with Crippen molar-refractivity contribution in [1.29, 1.82) is 0 Å². The minimum absolute atomic E-state index is 0.0635. The van der Waals surface area contributed by atoms with Crippen molar-refractivity contribution in [2.75, 3.05) is 6.61 Å². The number of allylic oxidation sites excluding steroid dienone is 1. The van der Waals surface area contributed by atoms with Gasteiger partial charge in [0.15, 0.2) is 0 Å². The van der Waals surface area contributed by atoms with Crippen LogP contribution in [0.2, 0.25) is 0 Å². The number of carbonyl (C=O) groups is 1. The summed E-state index contributed by atoms with van der Waals surface area (Å²) in [5.41, 5.74) is 0. The van der Waals surface area contributed by atoms with Crippen LogP contribution in [0.4, 0.5) is 0 Å². The van der Waals surface area contributed by atoms with E-state index >= 15 is 0 Å². The molecule has 0 fully saturated rings. The van der Waals surface area contributed by atoms with E-state index in [2.05, 4.69) is 26.1 Å². The van der Waals surface area contributed by atoms with E-state index in [0.717, 1.165) is 31.6 Å². The summed E-state index contributed by atoms with van der Waals surface area (Å²) < 4.78 is 0. The average Bonchev–Trinajstić information content (AvgIpc) is 2.97. The van der Waals surface area contributed by atoms with E-state index in [1.807, 2.05) is 6.08 Å². The molecule has 0 saturated heterocycles. The fourth-order valence-electron chi connectivity index (χ4n) is 5.77. The molecule has 0 aromatic rings. The molecule has 2 unspecified atom stereocenters. The van der Waals surface area contributed by atoms with Gasteiger partial charge in [0.2, 0.25) is 5.91 Å². The SMILES string of the molecule is CCCCCCCCCCCCCCCCCCCCC(=O)NC(CO)C(O)C=CCCCCCCCCCC(C)C. The van der Waals surface area contributed by atoms with Crippen LogP contribution in [-0.2, 0) is 4.79 Å². The van der Waals surface area contributed by atoms with Gasteiger partial charge in [0.1, 0.15) is 0 Å². The molecule has 0 aromatic heterocycles. The van der Waals surface area contributed by atoms with Crippen LogP contribution < -0.4 is 5.32 Å². The van der Waals surface area contributed by atoms with Crippen molar-refractivity contribution < 1.29 is 15.0 Å². The number of aliphatic hydroxyl groups excluding tert-OH is 2. The van der Waals surface area contributed by atoms with Crippen LogP contribution in [0.25, 0.3) is 0 Å². The van der Waals surface area contributed by atoms with E-state index in [0.29, 0.717) is 6.42 Å². The quantitative estimate of drug-likeness (QED) is 0.0523. The third kappa shape index (κ3) is 30.6. The van der Waals surface area contributed by atoms with Crippen molar-refractivity contribution in [1.82, 2.24) is 5.32 Å². The lowest BCUT2D eigenvalue weighted by molar-refractivity contribution is -0.123. The van der Waals surface area contributed by atoms with E-state index in [1.54, 1.807) is 6.08 Å². The Morgan fingerprint density at radius 3 is 1.45 bits per heavy atom. The zero-order chi connectivity index (χ0) is 30.9. The molecule has 0 bridgehead atoms. The highest BCUT2D eigenvalue weighted by atomic mass is 16.3. The largest absolute Gasteiger partial charge is 0.394 e. The second kappa shape index (κ2) is 33.0. The minimum atomic E-state index is -0.833. The van der Waals surface area contributed by atoms with Gasteiger partial charge in [-0.3, -0.25) is 4.79 Å². The molecular formula is C38H75NO3. The smallest absolute Gasteiger partial charge is 0.220 e. The number of rotatable bonds is 33. The fourth-order valence-corrected chi connectivity index (χ4v) is 5.77. The lowest BCUT2D eigenvalue weighted by atomic mass is 10.0. The Labute approximate surface area is 263 Å². The number of hydrogen-bond acceptors (Lipinski definition) is 3. The highest BCUT2D eigenvalue weighted by Gasteiger charge is 2.17. The first kappa shape index (κ1) is 41.1. The van der Waals surface area contributed by atoms with Gasteiger partial charge in [-0.1, -0.05) is 187 Å². The van der Waals surface area contributed by atoms with E-state index in [4.69, 9.17) is 0 Å². The number of hydrogen-bond donors (Lipinski definition) is 3. The van der Waals surface area contributed by atoms with E-state index in [-0.39, 0.29) is 12.5 Å². The molecule has 0 spiro atoms. The number of unbranched alkanes of at least 4 members (excludes halogenated alkanes) is 24. The van der Waals surface area contributed by atoms with Crippen LogP contribution in [0.1, 0.15) is 201 Å². The van der Waals surface area contributed by atoms with E-state index in [1.165, 1.54) is 148 Å². The lowest BCUT2D eigenvalue weighted by Crippen LogP contribution is -2.45. The molecule has 0 aliphatic carbocycles. The van der Waals surface area contributed by atoms with Crippen LogP contribution in [0.5, 0.6) is 0 Å². The Hall–Kier alpha value is -0.870. The Kier molecular flexibility index (Phi) is 32.3. The Morgan fingerprint density at radius 2 is 1.02 bits per heavy atom. The molecule has 3 N–H and O–H groups in total. The maximum atomic E-state index is 12.3. The molecule has 250 valence electrons. The van der Waals surface area contributed by atoms with Gasteiger partial charge in [0.05, 0.1) is 18.8 Å². The molecular weight excluding hydrogens is 518 g/mol. The summed E-state index contributed by atoms with van der Waals surface area (Å²) in [6.45, 7) is 6.63. The van der Waals surface area contributed by atoms with E-state index < -0.39 is 12.1 Å². The summed E-state index contributed by atoms with van der Waals surface area (Å²) >= 11 is 0. The van der Waals surface area contributed by atoms with Crippen LogP contribution in [0.15, 0.2) is 12.2 Å². The molecule has 42 heavy (non-hydrogen) atoms. The van der Waals surface area contributed by atoms with Gasteiger partial charge >= 0.3 is 0 Å². The van der Waals surface area contributed by atoms with Gasteiger partial charge in [-0.25, -0.2) is 0 Å². The summed E-state index contributed by atoms with van der Waals surface area (Å²) in [5.74, 6) is 0.760. The highest BCUT2D eigenvalue weighted by Crippen LogP contribution is 2.15. The predicted molar refractivity (Wildman–Crippen MR) is 184 cm³/mol. The summed E-state index contributed by atoms with van der Waals surface area (Å²) in [7, 11) is 0. The highest BCUT2D eigenvalue weighted by molar-refractivity contribution is 5.76. The molecule has 1 amide bonds. The summed E-state index contributed by atoms with van der Waals surface area (Å²) in [4.78, 5) is 12.3. The molecule has 0 aliphatic rings. The monoisotopic (exact) mass is 594 g/mol. The molecule has 0 rings (SSSR count). The zero-order valence-corrected chi connectivity index (χ0v) is 28.7. The third-order valence-electron chi connectivity index (χ3n) is 8.70. The first-order valence-electron chi connectivity index (χ1n) is 18.8. The number of carbonyl (C=O) groups excluding carboxylic acids is 1. The number of nitrogens with one attached hydrogen (secondary N) is 1. The normalized spacial score (nSPS) is 13.3. The van der Waals surface area contributed by atoms with Gasteiger partial charge in [-0.15, -0.1) is 0 Å². The number of aliphatic hydroxyl groups is 2. The van der Waals surface area contributed by atoms with Gasteiger partial charge in [-0.2, -0.15) is 0 Å². The zero-order valence-electron chi connectivity index (χ0n) is 28.7. The maximum absolute atomic E-state index is 12.3. The summed E-state index contributed by atoms with van der Waals surface area (Å²) in [5, 5.41) is 22.9. The van der Waals surface area contributed by atoms with Gasteiger partial charge in [0.25, 0.3) is 0 Å². The summed E-state index contributed by atoms with van der Waals surface area (Å²) in [6.07, 6.45) is 38.7. The van der Waals surface area contributed by atoms with Crippen molar-refractivity contribution in [3.8, 4) is 0 Å². The first-order valence-corrected chi connectivity index (χ1v) is 18.8. The van der Waals surface area contributed by atoms with Crippen LogP contribution in [0.3, 0.4) is 0 Å². The Bertz CT molecular complexity index is 577. The van der Waals surface area contributed by atoms with E-state index in [9.17, 15) is 15.0 Å². The van der Waals surface area contributed by atoms with Gasteiger partial charge < -0.3 is 15.5 Å². The van der Waals surface area contributed by atoms with Crippen LogP contribution >= 0.6 is 0 Å². The molecule has 0 saturated carbocycles. The first-order chi connectivity index (χ1) is 20.5. The van der Waals surface area contributed by atoms with Crippen LogP contribution in [0, 0.1) is 5.92 Å². The topological polar surface area (TPSA) is 69.6 Å². The van der Waals surface area contributed by atoms with Crippen molar-refractivity contribution in [2.24, 2.45) is 5.92 Å². The molecule has 0 aliphatic heterocycles. The van der Waals surface area contributed by atoms with Crippen LogP contribution in [-0.4, -0.2) is 34.9 Å². The maximum Gasteiger partial charge on any atom is 0.220 e. The lowest BCUT2D eigenvalue weighted by Gasteiger charge is -2.20. The molecule has 0 radical (unpaired) electrons. The Morgan fingerprint density at radius 1 is 0.619 bits per heavy atom. The second-order valence-corrected chi connectivity index (χ2v) is 13.5. The molecule has 0 heterocycles. The summed E-state index contributed by atoms with van der Waals surface area (Å²) in [6, 6.07) is -0.616. The second-order valence-electron chi connectivity index (χ2n) is 13.5. The van der Waals surface area contributed by atoms with Gasteiger partial charge in [0, 0.05) is 6.42 Å². The average molecular weight is 594 g/mol. The predicted octanol–water partition coefficient (Wildman–Crippen LogP) is 11.0. The molecule has 0 aromatic carbocycles. The standard InChI is InChI=1S/C38H75NO3/c1-4-5-6-7-8-9-10-11-12-13-14-15-16-17-21-24-27-30-33-38(42)39-36(34-40)37(41)32-29-26-23-20-18-19-22-25-28-31-35(2)3/h29,32,35-37,40-41H,4-28,30-31,33-34H2,1-3H3,(H,39,42). The minimum Gasteiger partial charge on any atom is -0.394 e. The molecule has 2 atom stereocenters. The van der Waals surface area contributed by atoms with Crippen molar-refractivity contribution in [2.45, 2.75) is 213 Å². The van der Waals surface area contributed by atoms with Gasteiger partial charge in [-0.05, 0) is 25.2 Å². The number of amides is 1. The van der Waals surface area contributed by atoms with Crippen molar-refractivity contribution >= 4 is 5.91 Å². The van der Waals surface area contributed by atoms with Crippen molar-refractivity contribution in [3.63, 3.8) is 0 Å². The van der Waals surface area contributed by atoms with Crippen molar-refractivity contribution in [3.05, 3.63) is 12.2 Å².